The molecule has 0 spiro atoms. The highest BCUT2D eigenvalue weighted by molar-refractivity contribution is 8.00. The molecule has 0 saturated carbocycles. The molecule has 0 aliphatic heterocycles. The Labute approximate surface area is 87.3 Å². The SMILES string of the molecule is Cn1ccnc1CSC(C)(C)C(=O)O. The number of aryl methyl sites for hydroxylation is 1. The number of thioether (sulfide) groups is 1. The quantitative estimate of drug-likeness (QED) is 0.825. The van der Waals surface area contributed by atoms with E-state index in [9.17, 15) is 4.79 Å². The first kappa shape index (κ1) is 11.1. The molecule has 1 N–H and O–H groups in total. The number of hydrogen-bond donors (Lipinski definition) is 1. The van der Waals surface area contributed by atoms with E-state index in [-0.39, 0.29) is 0 Å². The van der Waals surface area contributed by atoms with Crippen LogP contribution in [0.25, 0.3) is 0 Å². The molecule has 0 radical (unpaired) electrons. The van der Waals surface area contributed by atoms with Crippen LogP contribution in [0, 0.1) is 0 Å². The van der Waals surface area contributed by atoms with Gasteiger partial charge in [-0.25, -0.2) is 4.98 Å². The summed E-state index contributed by atoms with van der Waals surface area (Å²) in [5.74, 6) is 0.712. The van der Waals surface area contributed by atoms with Crippen molar-refractivity contribution in [1.29, 1.82) is 0 Å². The maximum atomic E-state index is 10.8. The highest BCUT2D eigenvalue weighted by Crippen LogP contribution is 2.27. The van der Waals surface area contributed by atoms with Crippen LogP contribution in [-0.4, -0.2) is 25.4 Å². The lowest BCUT2D eigenvalue weighted by atomic mass is 10.2. The zero-order valence-electron chi connectivity index (χ0n) is 8.52. The molecule has 1 rings (SSSR count). The lowest BCUT2D eigenvalue weighted by Crippen LogP contribution is -2.27. The second-order valence-electron chi connectivity index (χ2n) is 3.56. The van der Waals surface area contributed by atoms with Crippen molar-refractivity contribution in [2.75, 3.05) is 0 Å². The standard InChI is InChI=1S/C9H14N2O2S/c1-9(2,8(12)13)14-6-7-10-4-5-11(7)3/h4-5H,6H2,1-3H3,(H,12,13). The van der Waals surface area contributed by atoms with Crippen molar-refractivity contribution < 1.29 is 9.90 Å². The van der Waals surface area contributed by atoms with Gasteiger partial charge in [-0.3, -0.25) is 4.79 Å². The van der Waals surface area contributed by atoms with Crippen LogP contribution >= 0.6 is 11.8 Å². The van der Waals surface area contributed by atoms with Crippen molar-refractivity contribution in [2.24, 2.45) is 7.05 Å². The van der Waals surface area contributed by atoms with E-state index in [1.54, 1.807) is 20.0 Å². The molecular formula is C9H14N2O2S. The van der Waals surface area contributed by atoms with E-state index in [1.165, 1.54) is 11.8 Å². The molecule has 0 aliphatic carbocycles. The lowest BCUT2D eigenvalue weighted by Gasteiger charge is -2.17. The molecule has 1 aromatic rings. The molecule has 0 bridgehead atoms. The molecule has 0 saturated heterocycles. The summed E-state index contributed by atoms with van der Waals surface area (Å²) >= 11 is 1.38. The van der Waals surface area contributed by atoms with Crippen LogP contribution in [0.4, 0.5) is 0 Å². The Morgan fingerprint density at radius 3 is 2.79 bits per heavy atom. The van der Waals surface area contributed by atoms with Crippen LogP contribution in [-0.2, 0) is 17.6 Å². The number of hydrogen-bond acceptors (Lipinski definition) is 3. The molecule has 0 fully saturated rings. The number of carboxylic acid groups (broad SMARTS) is 1. The topological polar surface area (TPSA) is 55.1 Å². The fourth-order valence-corrected chi connectivity index (χ4v) is 1.73. The first-order chi connectivity index (χ1) is 6.43. The second kappa shape index (κ2) is 4.04. The van der Waals surface area contributed by atoms with Gasteiger partial charge in [-0.15, -0.1) is 11.8 Å². The summed E-state index contributed by atoms with van der Waals surface area (Å²) in [5, 5.41) is 8.89. The van der Waals surface area contributed by atoms with Gasteiger partial charge in [0.1, 0.15) is 10.6 Å². The minimum absolute atomic E-state index is 0.614. The average molecular weight is 214 g/mol. The maximum absolute atomic E-state index is 10.8. The summed E-state index contributed by atoms with van der Waals surface area (Å²) in [6, 6.07) is 0. The lowest BCUT2D eigenvalue weighted by molar-refractivity contribution is -0.138. The molecule has 0 unspecified atom stereocenters. The van der Waals surface area contributed by atoms with Crippen LogP contribution in [0.1, 0.15) is 19.7 Å². The fourth-order valence-electron chi connectivity index (χ4n) is 0.842. The van der Waals surface area contributed by atoms with E-state index < -0.39 is 10.7 Å². The summed E-state index contributed by atoms with van der Waals surface area (Å²) in [6.07, 6.45) is 3.56. The normalized spacial score (nSPS) is 11.6. The van der Waals surface area contributed by atoms with Crippen molar-refractivity contribution in [3.63, 3.8) is 0 Å². The number of carboxylic acids is 1. The molecule has 0 atom stereocenters. The number of aliphatic carboxylic acids is 1. The number of imidazole rings is 1. The van der Waals surface area contributed by atoms with Crippen molar-refractivity contribution in [3.8, 4) is 0 Å². The van der Waals surface area contributed by atoms with Gasteiger partial charge in [-0.2, -0.15) is 0 Å². The predicted octanol–water partition coefficient (Wildman–Crippen LogP) is 1.52. The first-order valence-electron chi connectivity index (χ1n) is 4.27. The van der Waals surface area contributed by atoms with E-state index in [0.29, 0.717) is 5.75 Å². The number of carbonyl (C=O) groups is 1. The summed E-state index contributed by atoms with van der Waals surface area (Å²) in [6.45, 7) is 3.39. The third-order valence-corrected chi connectivity index (χ3v) is 3.30. The molecular weight excluding hydrogens is 200 g/mol. The molecule has 0 aliphatic rings. The molecule has 14 heavy (non-hydrogen) atoms. The molecule has 4 nitrogen and oxygen atoms in total. The van der Waals surface area contributed by atoms with Crippen molar-refractivity contribution in [2.45, 2.75) is 24.3 Å². The Hall–Kier alpha value is -0.970. The molecule has 0 amide bonds. The Bertz CT molecular complexity index is 333. The first-order valence-corrected chi connectivity index (χ1v) is 5.25. The Morgan fingerprint density at radius 2 is 2.36 bits per heavy atom. The van der Waals surface area contributed by atoms with Crippen LogP contribution in [0.15, 0.2) is 12.4 Å². The van der Waals surface area contributed by atoms with Crippen LogP contribution < -0.4 is 0 Å². The number of aromatic nitrogens is 2. The minimum atomic E-state index is -0.795. The monoisotopic (exact) mass is 214 g/mol. The highest BCUT2D eigenvalue weighted by Gasteiger charge is 2.27. The Morgan fingerprint density at radius 1 is 1.71 bits per heavy atom. The van der Waals surface area contributed by atoms with Gasteiger partial charge in [0, 0.05) is 19.4 Å². The number of nitrogens with zero attached hydrogens (tertiary/aromatic N) is 2. The van der Waals surface area contributed by atoms with E-state index in [2.05, 4.69) is 4.98 Å². The molecule has 0 aromatic carbocycles. The predicted molar refractivity (Wildman–Crippen MR) is 56.2 cm³/mol. The van der Waals surface area contributed by atoms with Gasteiger partial charge in [0.2, 0.25) is 0 Å². The van der Waals surface area contributed by atoms with Gasteiger partial charge in [-0.1, -0.05) is 0 Å². The fraction of sp³-hybridized carbons (Fsp3) is 0.556. The van der Waals surface area contributed by atoms with E-state index in [4.69, 9.17) is 5.11 Å². The summed E-state index contributed by atoms with van der Waals surface area (Å²) < 4.78 is 1.14. The Balaban J connectivity index is 2.57. The summed E-state index contributed by atoms with van der Waals surface area (Å²) in [7, 11) is 1.90. The summed E-state index contributed by atoms with van der Waals surface area (Å²) in [4.78, 5) is 14.9. The van der Waals surface area contributed by atoms with Gasteiger partial charge in [-0.05, 0) is 13.8 Å². The molecule has 1 heterocycles. The third-order valence-electron chi connectivity index (χ3n) is 2.00. The van der Waals surface area contributed by atoms with Gasteiger partial charge in [0.15, 0.2) is 0 Å². The van der Waals surface area contributed by atoms with Gasteiger partial charge in [0.05, 0.1) is 5.75 Å². The van der Waals surface area contributed by atoms with Gasteiger partial charge in [0.25, 0.3) is 0 Å². The van der Waals surface area contributed by atoms with E-state index in [0.717, 1.165) is 5.82 Å². The smallest absolute Gasteiger partial charge is 0.319 e. The van der Waals surface area contributed by atoms with Gasteiger partial charge >= 0.3 is 5.97 Å². The van der Waals surface area contributed by atoms with Crippen molar-refractivity contribution in [1.82, 2.24) is 9.55 Å². The summed E-state index contributed by atoms with van der Waals surface area (Å²) in [5.41, 5.74) is 0. The Kier molecular flexibility index (Phi) is 3.21. The maximum Gasteiger partial charge on any atom is 0.319 e. The van der Waals surface area contributed by atoms with E-state index >= 15 is 0 Å². The zero-order chi connectivity index (χ0) is 10.8. The number of rotatable bonds is 4. The minimum Gasteiger partial charge on any atom is -0.480 e. The largest absolute Gasteiger partial charge is 0.480 e. The van der Waals surface area contributed by atoms with Crippen LogP contribution in [0.2, 0.25) is 0 Å². The second-order valence-corrected chi connectivity index (χ2v) is 5.16. The van der Waals surface area contributed by atoms with Crippen molar-refractivity contribution in [3.05, 3.63) is 18.2 Å². The molecule has 5 heteroatoms. The van der Waals surface area contributed by atoms with Crippen LogP contribution in [0.3, 0.4) is 0 Å². The highest BCUT2D eigenvalue weighted by atomic mass is 32.2. The third kappa shape index (κ3) is 2.51. The van der Waals surface area contributed by atoms with E-state index in [1.807, 2.05) is 17.8 Å². The molecule has 78 valence electrons. The molecule has 1 aromatic heterocycles. The average Bonchev–Trinajstić information content (AvgIpc) is 2.47. The van der Waals surface area contributed by atoms with Gasteiger partial charge < -0.3 is 9.67 Å². The van der Waals surface area contributed by atoms with Crippen molar-refractivity contribution >= 4 is 17.7 Å². The zero-order valence-corrected chi connectivity index (χ0v) is 9.34. The van der Waals surface area contributed by atoms with Crippen LogP contribution in [0.5, 0.6) is 0 Å².